The van der Waals surface area contributed by atoms with E-state index in [2.05, 4.69) is 4.72 Å². The fourth-order valence-electron chi connectivity index (χ4n) is 1.57. The summed E-state index contributed by atoms with van der Waals surface area (Å²) in [7, 11) is -4.05. The minimum Gasteiger partial charge on any atom is -0.477 e. The maximum absolute atomic E-state index is 13.0. The topological polar surface area (TPSA) is 83.5 Å². The summed E-state index contributed by atoms with van der Waals surface area (Å²) in [6.07, 6.45) is 0. The molecule has 0 unspecified atom stereocenters. The van der Waals surface area contributed by atoms with Crippen molar-refractivity contribution in [3.63, 3.8) is 0 Å². The number of carboxylic acid groups (broad SMARTS) is 1. The van der Waals surface area contributed by atoms with Gasteiger partial charge in [-0.2, -0.15) is 0 Å². The van der Waals surface area contributed by atoms with E-state index in [1.807, 2.05) is 0 Å². The Hall–Kier alpha value is -1.84. The Labute approximate surface area is 122 Å². The molecule has 112 valence electrons. The Morgan fingerprint density at radius 1 is 1.24 bits per heavy atom. The average molecular weight is 333 g/mol. The van der Waals surface area contributed by atoms with Crippen molar-refractivity contribution in [3.05, 3.63) is 51.7 Å². The summed E-state index contributed by atoms with van der Waals surface area (Å²) >= 11 is 0.782. The van der Waals surface area contributed by atoms with Crippen molar-refractivity contribution in [2.75, 3.05) is 0 Å². The number of carbonyl (C=O) groups is 1. The number of hydrogen-bond donors (Lipinski definition) is 2. The number of sulfonamides is 1. The molecule has 9 heteroatoms. The van der Waals surface area contributed by atoms with Gasteiger partial charge in [0.25, 0.3) is 0 Å². The van der Waals surface area contributed by atoms with Gasteiger partial charge in [0, 0.05) is 6.54 Å². The highest BCUT2D eigenvalue weighted by atomic mass is 32.2. The minimum absolute atomic E-state index is 0.213. The van der Waals surface area contributed by atoms with Crippen LogP contribution in [0.25, 0.3) is 0 Å². The highest BCUT2D eigenvalue weighted by molar-refractivity contribution is 7.89. The average Bonchev–Trinajstić information content (AvgIpc) is 2.90. The maximum Gasteiger partial charge on any atom is 0.347 e. The van der Waals surface area contributed by atoms with E-state index in [-0.39, 0.29) is 21.9 Å². The summed E-state index contributed by atoms with van der Waals surface area (Å²) in [5.41, 5.74) is 0.213. The van der Waals surface area contributed by atoms with Crippen molar-refractivity contribution in [1.29, 1.82) is 0 Å². The molecule has 1 heterocycles. The van der Waals surface area contributed by atoms with Gasteiger partial charge in [0.2, 0.25) is 10.0 Å². The first-order valence-corrected chi connectivity index (χ1v) is 7.92. The Morgan fingerprint density at radius 3 is 2.57 bits per heavy atom. The van der Waals surface area contributed by atoms with Gasteiger partial charge in [-0.3, -0.25) is 0 Å². The molecule has 0 atom stereocenters. The molecular weight excluding hydrogens is 324 g/mol. The van der Waals surface area contributed by atoms with Crippen LogP contribution in [0.4, 0.5) is 8.78 Å². The van der Waals surface area contributed by atoms with Crippen LogP contribution in [-0.2, 0) is 16.6 Å². The Morgan fingerprint density at radius 2 is 1.95 bits per heavy atom. The van der Waals surface area contributed by atoms with Crippen molar-refractivity contribution in [2.24, 2.45) is 0 Å². The molecule has 0 saturated carbocycles. The van der Waals surface area contributed by atoms with Crippen molar-refractivity contribution in [2.45, 2.75) is 11.4 Å². The fourth-order valence-corrected chi connectivity index (χ4v) is 3.85. The van der Waals surface area contributed by atoms with Gasteiger partial charge in [0.15, 0.2) is 11.6 Å². The van der Waals surface area contributed by atoms with Gasteiger partial charge >= 0.3 is 5.97 Å². The summed E-state index contributed by atoms with van der Waals surface area (Å²) in [6.45, 7) is -0.283. The van der Waals surface area contributed by atoms with Gasteiger partial charge in [0.05, 0.1) is 0 Å². The largest absolute Gasteiger partial charge is 0.477 e. The van der Waals surface area contributed by atoms with E-state index in [0.29, 0.717) is 0 Å². The van der Waals surface area contributed by atoms with Crippen molar-refractivity contribution >= 4 is 27.3 Å². The molecule has 0 fully saturated rings. The Balaban J connectivity index is 2.20. The zero-order valence-corrected chi connectivity index (χ0v) is 12.0. The summed E-state index contributed by atoms with van der Waals surface area (Å²) in [6, 6.07) is 4.14. The lowest BCUT2D eigenvalue weighted by atomic mass is 10.2. The Bertz CT molecular complexity index is 786. The summed E-state index contributed by atoms with van der Waals surface area (Å²) < 4.78 is 51.9. The van der Waals surface area contributed by atoms with E-state index < -0.39 is 27.6 Å². The van der Waals surface area contributed by atoms with Crippen LogP contribution >= 0.6 is 11.3 Å². The number of thiophene rings is 1. The van der Waals surface area contributed by atoms with Gasteiger partial charge in [-0.15, -0.1) is 11.3 Å². The third-order valence-electron chi connectivity index (χ3n) is 2.56. The summed E-state index contributed by atoms with van der Waals surface area (Å²) in [5, 5.41) is 10.2. The van der Waals surface area contributed by atoms with Gasteiger partial charge in [-0.05, 0) is 29.1 Å². The molecule has 0 saturated heterocycles. The van der Waals surface area contributed by atoms with Gasteiger partial charge in [-0.25, -0.2) is 26.7 Å². The molecule has 0 bridgehead atoms. The highest BCUT2D eigenvalue weighted by Crippen LogP contribution is 2.22. The smallest absolute Gasteiger partial charge is 0.347 e. The van der Waals surface area contributed by atoms with Gasteiger partial charge in [-0.1, -0.05) is 6.07 Å². The second kappa shape index (κ2) is 5.88. The molecule has 21 heavy (non-hydrogen) atoms. The molecule has 0 radical (unpaired) electrons. The first-order chi connectivity index (χ1) is 9.81. The third-order valence-corrected chi connectivity index (χ3v) is 5.04. The molecule has 1 aromatic carbocycles. The predicted octanol–water partition coefficient (Wildman–Crippen LogP) is 2.20. The van der Waals surface area contributed by atoms with Crippen LogP contribution in [0.5, 0.6) is 0 Å². The van der Waals surface area contributed by atoms with Crippen LogP contribution in [0.1, 0.15) is 15.2 Å². The first-order valence-electron chi connectivity index (χ1n) is 5.55. The second-order valence-electron chi connectivity index (χ2n) is 3.99. The summed E-state index contributed by atoms with van der Waals surface area (Å²) in [5.74, 6) is -3.47. The molecule has 1 aromatic heterocycles. The number of aromatic carboxylic acids is 1. The highest BCUT2D eigenvalue weighted by Gasteiger charge is 2.23. The van der Waals surface area contributed by atoms with Gasteiger partial charge in [0.1, 0.15) is 9.77 Å². The molecule has 2 aromatic rings. The second-order valence-corrected chi connectivity index (χ2v) is 6.64. The van der Waals surface area contributed by atoms with E-state index in [4.69, 9.17) is 5.11 Å². The van der Waals surface area contributed by atoms with Crippen LogP contribution in [0.2, 0.25) is 0 Å². The van der Waals surface area contributed by atoms with Crippen LogP contribution in [0.15, 0.2) is 34.5 Å². The monoisotopic (exact) mass is 333 g/mol. The normalized spacial score (nSPS) is 11.5. The predicted molar refractivity (Wildman–Crippen MR) is 71.7 cm³/mol. The molecular formula is C12H9F2NO4S2. The quantitative estimate of drug-likeness (QED) is 0.879. The zero-order chi connectivity index (χ0) is 15.6. The SMILES string of the molecule is O=C(O)c1sccc1S(=O)(=O)NCc1ccc(F)c(F)c1. The van der Waals surface area contributed by atoms with E-state index in [0.717, 1.165) is 23.5 Å². The molecule has 2 rings (SSSR count). The molecule has 2 N–H and O–H groups in total. The lowest BCUT2D eigenvalue weighted by molar-refractivity contribution is 0.0698. The lowest BCUT2D eigenvalue weighted by Crippen LogP contribution is -2.24. The van der Waals surface area contributed by atoms with Crippen molar-refractivity contribution in [3.8, 4) is 0 Å². The lowest BCUT2D eigenvalue weighted by Gasteiger charge is -2.06. The number of benzene rings is 1. The van der Waals surface area contributed by atoms with Gasteiger partial charge < -0.3 is 5.11 Å². The first kappa shape index (κ1) is 15.5. The maximum atomic E-state index is 13.0. The standard InChI is InChI=1S/C12H9F2NO4S2/c13-8-2-1-7(5-9(8)14)6-15-21(18,19)10-3-4-20-11(10)12(16)17/h1-5,15H,6H2,(H,16,17). The number of rotatable bonds is 5. The number of hydrogen-bond acceptors (Lipinski definition) is 4. The number of nitrogens with one attached hydrogen (secondary N) is 1. The van der Waals surface area contributed by atoms with Crippen molar-refractivity contribution < 1.29 is 27.1 Å². The van der Waals surface area contributed by atoms with Crippen molar-refractivity contribution in [1.82, 2.24) is 4.72 Å². The summed E-state index contributed by atoms with van der Waals surface area (Å²) in [4.78, 5) is 10.2. The minimum atomic E-state index is -4.05. The number of halogens is 2. The molecule has 0 aliphatic heterocycles. The molecule has 0 aliphatic carbocycles. The third kappa shape index (κ3) is 3.43. The van der Waals surface area contributed by atoms with E-state index in [1.165, 1.54) is 17.5 Å². The van der Waals surface area contributed by atoms with Crippen LogP contribution in [0.3, 0.4) is 0 Å². The van der Waals surface area contributed by atoms with E-state index >= 15 is 0 Å². The number of carboxylic acids is 1. The molecule has 5 nitrogen and oxygen atoms in total. The zero-order valence-electron chi connectivity index (χ0n) is 10.3. The Kier molecular flexibility index (Phi) is 4.35. The van der Waals surface area contributed by atoms with Crippen LogP contribution in [-0.4, -0.2) is 19.5 Å². The van der Waals surface area contributed by atoms with E-state index in [1.54, 1.807) is 0 Å². The van der Waals surface area contributed by atoms with Crippen LogP contribution < -0.4 is 4.72 Å². The molecule has 0 aliphatic rings. The molecule has 0 spiro atoms. The molecule has 0 amide bonds. The van der Waals surface area contributed by atoms with E-state index in [9.17, 15) is 22.0 Å². The fraction of sp³-hybridized carbons (Fsp3) is 0.0833. The van der Waals surface area contributed by atoms with Crippen LogP contribution in [0, 0.1) is 11.6 Å².